The molecule has 19 heavy (non-hydrogen) atoms. The second kappa shape index (κ2) is 6.04. The maximum absolute atomic E-state index is 13.1. The van der Waals surface area contributed by atoms with Crippen LogP contribution in [0.5, 0.6) is 0 Å². The molecule has 2 aromatic rings. The molecule has 0 saturated carbocycles. The van der Waals surface area contributed by atoms with Gasteiger partial charge in [0.25, 0.3) is 0 Å². The van der Waals surface area contributed by atoms with Gasteiger partial charge >= 0.3 is 0 Å². The molecule has 2 rings (SSSR count). The molecular formula is C15H13BrClFO. The summed E-state index contributed by atoms with van der Waals surface area (Å²) in [5.74, 6) is -0.448. The zero-order valence-electron chi connectivity index (χ0n) is 10.3. The average molecular weight is 344 g/mol. The van der Waals surface area contributed by atoms with Crippen LogP contribution in [0.15, 0.2) is 40.9 Å². The van der Waals surface area contributed by atoms with Crippen LogP contribution in [-0.4, -0.2) is 5.11 Å². The smallest absolute Gasteiger partial charge is 0.141 e. The summed E-state index contributed by atoms with van der Waals surface area (Å²) < 4.78 is 13.9. The third-order valence-electron chi connectivity index (χ3n) is 2.93. The Labute approximate surface area is 125 Å². The highest BCUT2D eigenvalue weighted by atomic mass is 79.9. The van der Waals surface area contributed by atoms with Crippen LogP contribution in [0, 0.1) is 12.7 Å². The SMILES string of the molecule is Cc1ccc(C(O)Cc2ccc(F)c(Cl)c2)c(Br)c1. The molecule has 1 N–H and O–H groups in total. The fourth-order valence-corrected chi connectivity index (χ4v) is 2.86. The Bertz CT molecular complexity index is 601. The topological polar surface area (TPSA) is 20.2 Å². The van der Waals surface area contributed by atoms with Crippen molar-refractivity contribution < 1.29 is 9.50 Å². The van der Waals surface area contributed by atoms with E-state index in [4.69, 9.17) is 11.6 Å². The van der Waals surface area contributed by atoms with E-state index in [0.717, 1.165) is 21.2 Å². The van der Waals surface area contributed by atoms with Crippen LogP contribution >= 0.6 is 27.5 Å². The largest absolute Gasteiger partial charge is 0.388 e. The van der Waals surface area contributed by atoms with Gasteiger partial charge in [0.15, 0.2) is 0 Å². The third kappa shape index (κ3) is 3.56. The predicted molar refractivity (Wildman–Crippen MR) is 79.0 cm³/mol. The zero-order chi connectivity index (χ0) is 14.0. The number of aliphatic hydroxyl groups is 1. The van der Waals surface area contributed by atoms with Gasteiger partial charge in [0.1, 0.15) is 5.82 Å². The number of hydrogen-bond donors (Lipinski definition) is 1. The lowest BCUT2D eigenvalue weighted by Crippen LogP contribution is -2.03. The summed E-state index contributed by atoms with van der Waals surface area (Å²) in [5, 5.41) is 10.3. The molecule has 0 aromatic heterocycles. The molecule has 1 unspecified atom stereocenters. The van der Waals surface area contributed by atoms with Crippen molar-refractivity contribution in [2.45, 2.75) is 19.4 Å². The van der Waals surface area contributed by atoms with Gasteiger partial charge < -0.3 is 5.11 Å². The van der Waals surface area contributed by atoms with Crippen LogP contribution < -0.4 is 0 Å². The summed E-state index contributed by atoms with van der Waals surface area (Å²) in [6.45, 7) is 1.99. The Kier molecular flexibility index (Phi) is 4.61. The van der Waals surface area contributed by atoms with Crippen LogP contribution in [0.1, 0.15) is 22.8 Å². The standard InChI is InChI=1S/C15H13BrClFO/c1-9-2-4-11(12(16)6-9)15(19)8-10-3-5-14(18)13(17)7-10/h2-7,15,19H,8H2,1H3. The second-order valence-corrected chi connectivity index (χ2v) is 5.75. The molecular weight excluding hydrogens is 331 g/mol. The molecule has 0 bridgehead atoms. The minimum Gasteiger partial charge on any atom is -0.388 e. The molecule has 0 saturated heterocycles. The van der Waals surface area contributed by atoms with E-state index in [9.17, 15) is 9.50 Å². The Morgan fingerprint density at radius 3 is 2.63 bits per heavy atom. The van der Waals surface area contributed by atoms with Crippen molar-refractivity contribution in [2.24, 2.45) is 0 Å². The van der Waals surface area contributed by atoms with Crippen LogP contribution in [-0.2, 0) is 6.42 Å². The van der Waals surface area contributed by atoms with E-state index in [-0.39, 0.29) is 5.02 Å². The summed E-state index contributed by atoms with van der Waals surface area (Å²) in [7, 11) is 0. The lowest BCUT2D eigenvalue weighted by Gasteiger charge is -2.14. The van der Waals surface area contributed by atoms with Crippen molar-refractivity contribution in [2.75, 3.05) is 0 Å². The average Bonchev–Trinajstić information content (AvgIpc) is 2.33. The van der Waals surface area contributed by atoms with Crippen molar-refractivity contribution in [3.05, 3.63) is 68.4 Å². The van der Waals surface area contributed by atoms with E-state index in [2.05, 4.69) is 15.9 Å². The lowest BCUT2D eigenvalue weighted by molar-refractivity contribution is 0.177. The highest BCUT2D eigenvalue weighted by Gasteiger charge is 2.13. The number of aryl methyl sites for hydroxylation is 1. The number of benzene rings is 2. The molecule has 4 heteroatoms. The van der Waals surface area contributed by atoms with Gasteiger partial charge in [-0.05, 0) is 41.8 Å². The highest BCUT2D eigenvalue weighted by Crippen LogP contribution is 2.28. The molecule has 0 aliphatic carbocycles. The van der Waals surface area contributed by atoms with Crippen molar-refractivity contribution in [3.63, 3.8) is 0 Å². The molecule has 0 aliphatic heterocycles. The van der Waals surface area contributed by atoms with E-state index in [0.29, 0.717) is 6.42 Å². The van der Waals surface area contributed by atoms with Crippen molar-refractivity contribution >= 4 is 27.5 Å². The Morgan fingerprint density at radius 2 is 2.00 bits per heavy atom. The second-order valence-electron chi connectivity index (χ2n) is 4.49. The first kappa shape index (κ1) is 14.5. The lowest BCUT2D eigenvalue weighted by atomic mass is 10.0. The number of aliphatic hydroxyl groups excluding tert-OH is 1. The third-order valence-corrected chi connectivity index (χ3v) is 3.90. The van der Waals surface area contributed by atoms with Gasteiger partial charge in [-0.2, -0.15) is 0 Å². The van der Waals surface area contributed by atoms with Crippen molar-refractivity contribution in [1.82, 2.24) is 0 Å². The van der Waals surface area contributed by atoms with Crippen LogP contribution in [0.25, 0.3) is 0 Å². The monoisotopic (exact) mass is 342 g/mol. The van der Waals surface area contributed by atoms with Gasteiger partial charge in [-0.15, -0.1) is 0 Å². The van der Waals surface area contributed by atoms with E-state index in [1.54, 1.807) is 12.1 Å². The van der Waals surface area contributed by atoms with Crippen LogP contribution in [0.2, 0.25) is 5.02 Å². The van der Waals surface area contributed by atoms with Gasteiger partial charge in [-0.1, -0.05) is 45.7 Å². The summed E-state index contributed by atoms with van der Waals surface area (Å²) in [6.07, 6.45) is -0.265. The number of rotatable bonds is 3. The van der Waals surface area contributed by atoms with Gasteiger partial charge in [-0.25, -0.2) is 4.39 Å². The summed E-state index contributed by atoms with van der Waals surface area (Å²) in [6, 6.07) is 10.3. The van der Waals surface area contributed by atoms with E-state index >= 15 is 0 Å². The molecule has 2 aromatic carbocycles. The number of hydrogen-bond acceptors (Lipinski definition) is 1. The van der Waals surface area contributed by atoms with E-state index < -0.39 is 11.9 Å². The van der Waals surface area contributed by atoms with Gasteiger partial charge in [0, 0.05) is 10.9 Å². The Balaban J connectivity index is 2.20. The maximum Gasteiger partial charge on any atom is 0.141 e. The highest BCUT2D eigenvalue weighted by molar-refractivity contribution is 9.10. The first-order valence-corrected chi connectivity index (χ1v) is 7.02. The van der Waals surface area contributed by atoms with Gasteiger partial charge in [0.05, 0.1) is 11.1 Å². The number of halogens is 3. The fraction of sp³-hybridized carbons (Fsp3) is 0.200. The fourth-order valence-electron chi connectivity index (χ4n) is 1.90. The van der Waals surface area contributed by atoms with Gasteiger partial charge in [-0.3, -0.25) is 0 Å². The van der Waals surface area contributed by atoms with Crippen LogP contribution in [0.3, 0.4) is 0 Å². The molecule has 0 spiro atoms. The minimum absolute atomic E-state index is 0.0765. The molecule has 1 atom stereocenters. The quantitative estimate of drug-likeness (QED) is 0.846. The molecule has 0 radical (unpaired) electrons. The van der Waals surface area contributed by atoms with Crippen molar-refractivity contribution in [3.8, 4) is 0 Å². The molecule has 0 aliphatic rings. The summed E-state index contributed by atoms with van der Waals surface area (Å²) >= 11 is 9.17. The summed E-state index contributed by atoms with van der Waals surface area (Å²) in [5.41, 5.74) is 2.73. The molecule has 0 amide bonds. The normalized spacial score (nSPS) is 12.5. The maximum atomic E-state index is 13.1. The minimum atomic E-state index is -0.656. The Hall–Kier alpha value is -0.900. The Morgan fingerprint density at radius 1 is 1.26 bits per heavy atom. The van der Waals surface area contributed by atoms with E-state index in [1.807, 2.05) is 25.1 Å². The van der Waals surface area contributed by atoms with Crippen molar-refractivity contribution in [1.29, 1.82) is 0 Å². The molecule has 0 heterocycles. The predicted octanol–water partition coefficient (Wildman–Crippen LogP) is 4.83. The van der Waals surface area contributed by atoms with E-state index in [1.165, 1.54) is 6.07 Å². The first-order chi connectivity index (χ1) is 8.97. The van der Waals surface area contributed by atoms with Gasteiger partial charge in [0.2, 0.25) is 0 Å². The first-order valence-electron chi connectivity index (χ1n) is 5.85. The molecule has 0 fully saturated rings. The summed E-state index contributed by atoms with van der Waals surface area (Å²) in [4.78, 5) is 0. The molecule has 1 nitrogen and oxygen atoms in total. The zero-order valence-corrected chi connectivity index (χ0v) is 12.7. The molecule has 100 valence electrons. The van der Waals surface area contributed by atoms with Crippen LogP contribution in [0.4, 0.5) is 4.39 Å².